The second-order valence-electron chi connectivity index (χ2n) is 2.12. The van der Waals surface area contributed by atoms with Crippen molar-refractivity contribution in [3.8, 4) is 0 Å². The molecule has 0 N–H and O–H groups in total. The minimum absolute atomic E-state index is 0. The zero-order chi connectivity index (χ0) is 6.69. The molecule has 0 aliphatic heterocycles. The first-order valence-corrected chi connectivity index (χ1v) is 5.79. The largest absolute Gasteiger partial charge is 0.538 e. The van der Waals surface area contributed by atoms with E-state index in [2.05, 4.69) is 31.2 Å². The summed E-state index contributed by atoms with van der Waals surface area (Å²) in [6.07, 6.45) is 0. The summed E-state index contributed by atoms with van der Waals surface area (Å²) in [6, 6.07) is 8.42. The van der Waals surface area contributed by atoms with Gasteiger partial charge in [-0.05, 0) is 6.92 Å². The number of benzene rings is 1. The molecule has 0 atom stereocenters. The lowest BCUT2D eigenvalue weighted by Crippen LogP contribution is -2.06. The summed E-state index contributed by atoms with van der Waals surface area (Å²) < 4.78 is 1.32. The lowest BCUT2D eigenvalue weighted by molar-refractivity contribution is 1.49. The molecule has 0 fully saturated rings. The minimum atomic E-state index is -0.453. The number of halogens is 2. The topological polar surface area (TPSA) is 0 Å². The smallest absolute Gasteiger partial charge is 0.336 e. The maximum Gasteiger partial charge on any atom is 0.538 e. The number of rotatable bonds is 1. The van der Waals surface area contributed by atoms with E-state index < -0.39 is 19.3 Å². The first-order chi connectivity index (χ1) is 4.33. The van der Waals surface area contributed by atoms with E-state index in [0.29, 0.717) is 0 Å². The highest BCUT2D eigenvalue weighted by molar-refractivity contribution is 8.93. The number of aryl methyl sites for hydroxylation is 1. The summed E-state index contributed by atoms with van der Waals surface area (Å²) in [6.45, 7) is 2.08. The van der Waals surface area contributed by atoms with Crippen molar-refractivity contribution in [3.05, 3.63) is 29.8 Å². The monoisotopic (exact) mass is 230 g/mol. The fraction of sp³-hybridized carbons (Fsp3) is 0.143. The molecule has 52 valence electrons. The molecule has 0 aliphatic carbocycles. The summed E-state index contributed by atoms with van der Waals surface area (Å²) in [7, 11) is 5.72. The number of hydrogen-bond donors (Lipinski definition) is 0. The molecule has 3 heteroatoms. The summed E-state index contributed by atoms with van der Waals surface area (Å²) in [5.41, 5.74) is 1.30. The van der Waals surface area contributed by atoms with Crippen molar-refractivity contribution >= 4 is 49.0 Å². The maximum atomic E-state index is 5.72. The molecular formula is C7H8BrClMg. The van der Waals surface area contributed by atoms with Gasteiger partial charge in [0.15, 0.2) is 0 Å². The molecule has 1 rings (SSSR count). The van der Waals surface area contributed by atoms with Crippen LogP contribution in [0.3, 0.4) is 0 Å². The molecule has 0 spiro atoms. The van der Waals surface area contributed by atoms with E-state index >= 15 is 0 Å². The second kappa shape index (κ2) is 5.41. The Bertz CT molecular complexity index is 185. The normalized spacial score (nSPS) is 7.80. The van der Waals surface area contributed by atoms with Gasteiger partial charge in [0.05, 0.1) is 0 Å². The van der Waals surface area contributed by atoms with Crippen LogP contribution in [0.25, 0.3) is 0 Å². The highest BCUT2D eigenvalue weighted by Crippen LogP contribution is 1.92. The fourth-order valence-electron chi connectivity index (χ4n) is 0.677. The third-order valence-corrected chi connectivity index (χ3v) is 2.98. The van der Waals surface area contributed by atoms with Crippen LogP contribution in [0, 0.1) is 6.92 Å². The van der Waals surface area contributed by atoms with Crippen molar-refractivity contribution in [1.82, 2.24) is 0 Å². The van der Waals surface area contributed by atoms with Gasteiger partial charge in [-0.15, -0.1) is 20.7 Å². The SMILES string of the molecule is Br.Cc1cc[c]([Mg][Cl])cc1. The van der Waals surface area contributed by atoms with Gasteiger partial charge >= 0.3 is 19.3 Å². The van der Waals surface area contributed by atoms with Gasteiger partial charge in [0, 0.05) is 0 Å². The highest BCUT2D eigenvalue weighted by atomic mass is 79.9. The van der Waals surface area contributed by atoms with E-state index in [1.165, 1.54) is 9.26 Å². The molecule has 0 unspecified atom stereocenters. The van der Waals surface area contributed by atoms with E-state index in [1.807, 2.05) is 0 Å². The Morgan fingerprint density at radius 3 is 2.10 bits per heavy atom. The van der Waals surface area contributed by atoms with Crippen LogP contribution in [0.2, 0.25) is 0 Å². The molecule has 0 radical (unpaired) electrons. The van der Waals surface area contributed by atoms with Crippen LogP contribution in [0.4, 0.5) is 0 Å². The van der Waals surface area contributed by atoms with E-state index in [9.17, 15) is 0 Å². The molecule has 0 saturated carbocycles. The minimum Gasteiger partial charge on any atom is -0.336 e. The van der Waals surface area contributed by atoms with E-state index in [1.54, 1.807) is 0 Å². The van der Waals surface area contributed by atoms with Crippen LogP contribution in [-0.4, -0.2) is 19.3 Å². The molecule has 0 aliphatic rings. The van der Waals surface area contributed by atoms with Crippen molar-refractivity contribution in [3.63, 3.8) is 0 Å². The van der Waals surface area contributed by atoms with Crippen LogP contribution in [0.5, 0.6) is 0 Å². The first-order valence-electron chi connectivity index (χ1n) is 2.94. The van der Waals surface area contributed by atoms with Crippen LogP contribution < -0.4 is 3.69 Å². The van der Waals surface area contributed by atoms with Gasteiger partial charge in [0.1, 0.15) is 0 Å². The third kappa shape index (κ3) is 3.24. The van der Waals surface area contributed by atoms with Gasteiger partial charge in [0.25, 0.3) is 0 Å². The van der Waals surface area contributed by atoms with Crippen LogP contribution in [0.15, 0.2) is 24.3 Å². The zero-order valence-electron chi connectivity index (χ0n) is 5.80. The van der Waals surface area contributed by atoms with Gasteiger partial charge in [-0.2, -0.15) is 0 Å². The lowest BCUT2D eigenvalue weighted by atomic mass is 10.2. The van der Waals surface area contributed by atoms with E-state index in [-0.39, 0.29) is 17.0 Å². The molecule has 0 saturated heterocycles. The van der Waals surface area contributed by atoms with Crippen molar-refractivity contribution in [2.45, 2.75) is 6.92 Å². The molecule has 10 heavy (non-hydrogen) atoms. The average Bonchev–Trinajstić information content (AvgIpc) is 1.90. The molecule has 0 nitrogen and oxygen atoms in total. The fourth-order valence-corrected chi connectivity index (χ4v) is 1.63. The molecule has 0 aromatic heterocycles. The zero-order valence-corrected chi connectivity index (χ0v) is 9.69. The predicted octanol–water partition coefficient (Wildman–Crippen LogP) is 2.06. The molecule has 1 aromatic rings. The molecular weight excluding hydrogens is 224 g/mol. The Morgan fingerprint density at radius 1 is 1.20 bits per heavy atom. The predicted molar refractivity (Wildman–Crippen MR) is 52.7 cm³/mol. The first kappa shape index (κ1) is 10.8. The summed E-state index contributed by atoms with van der Waals surface area (Å²) in [5.74, 6) is 0. The number of hydrogen-bond acceptors (Lipinski definition) is 0. The molecule has 0 heterocycles. The van der Waals surface area contributed by atoms with Crippen LogP contribution >= 0.6 is 26.1 Å². The van der Waals surface area contributed by atoms with Crippen molar-refractivity contribution in [2.24, 2.45) is 0 Å². The van der Waals surface area contributed by atoms with Gasteiger partial charge in [0.2, 0.25) is 0 Å². The summed E-state index contributed by atoms with van der Waals surface area (Å²) >= 11 is -0.453. The van der Waals surface area contributed by atoms with Gasteiger partial charge in [-0.25, -0.2) is 0 Å². The average molecular weight is 232 g/mol. The standard InChI is InChI=1S/C7H7.BrH.ClH.Mg/c1-7-5-3-2-4-6-7;;;/h3-6H,1H3;2*1H;/q;;;+1/p-1. The quantitative estimate of drug-likeness (QED) is 0.650. The summed E-state index contributed by atoms with van der Waals surface area (Å²) in [4.78, 5) is 0. The van der Waals surface area contributed by atoms with Gasteiger partial charge in [-0.1, -0.05) is 29.8 Å². The van der Waals surface area contributed by atoms with Gasteiger partial charge < -0.3 is 9.07 Å². The highest BCUT2D eigenvalue weighted by Gasteiger charge is 1.92. The van der Waals surface area contributed by atoms with E-state index in [4.69, 9.17) is 9.07 Å². The Kier molecular flexibility index (Phi) is 5.82. The van der Waals surface area contributed by atoms with Crippen molar-refractivity contribution in [2.75, 3.05) is 0 Å². The van der Waals surface area contributed by atoms with E-state index in [0.717, 1.165) is 0 Å². The third-order valence-electron chi connectivity index (χ3n) is 1.27. The Balaban J connectivity index is 0.000000810. The van der Waals surface area contributed by atoms with Gasteiger partial charge in [-0.3, -0.25) is 0 Å². The maximum absolute atomic E-state index is 5.72. The molecule has 0 amide bonds. The van der Waals surface area contributed by atoms with Crippen molar-refractivity contribution < 1.29 is 0 Å². The molecule has 1 aromatic carbocycles. The van der Waals surface area contributed by atoms with Crippen LogP contribution in [-0.2, 0) is 0 Å². The summed E-state index contributed by atoms with van der Waals surface area (Å²) in [5, 5.41) is 0. The molecule has 0 bridgehead atoms. The Morgan fingerprint density at radius 2 is 1.70 bits per heavy atom. The Hall–Kier alpha value is 0.756. The van der Waals surface area contributed by atoms with Crippen molar-refractivity contribution in [1.29, 1.82) is 0 Å². The second-order valence-corrected chi connectivity index (χ2v) is 4.00. The lowest BCUT2D eigenvalue weighted by Gasteiger charge is -1.93. The van der Waals surface area contributed by atoms with Crippen LogP contribution in [0.1, 0.15) is 5.56 Å². The Labute approximate surface area is 85.2 Å².